The lowest BCUT2D eigenvalue weighted by Crippen LogP contribution is -2.22. The van der Waals surface area contributed by atoms with Gasteiger partial charge in [0.05, 0.1) is 12.7 Å². The minimum atomic E-state index is -0.454. The van der Waals surface area contributed by atoms with Crippen molar-refractivity contribution in [2.75, 3.05) is 19.5 Å². The summed E-state index contributed by atoms with van der Waals surface area (Å²) in [5, 5.41) is 6.14. The summed E-state index contributed by atoms with van der Waals surface area (Å²) in [6, 6.07) is 12.5. The maximum Gasteiger partial charge on any atom is 0.340 e. The summed E-state index contributed by atoms with van der Waals surface area (Å²) >= 11 is 0. The Kier molecular flexibility index (Phi) is 5.44. The van der Waals surface area contributed by atoms with Gasteiger partial charge in [-0.2, -0.15) is 0 Å². The number of benzene rings is 2. The zero-order chi connectivity index (χ0) is 20.3. The van der Waals surface area contributed by atoms with Gasteiger partial charge in [-0.15, -0.1) is 0 Å². The Labute approximate surface area is 162 Å². The standard InChI is InChI=1S/C21H21N3O4/c1-13-14(20(26)22-2)8-6-9-17(13)23-19(25)12-24-11-16(21(27)28-3)15-7-4-5-10-18(15)24/h4-11H,12H2,1-3H3,(H,22,26)(H,23,25). The fourth-order valence-corrected chi connectivity index (χ4v) is 3.15. The highest BCUT2D eigenvalue weighted by Crippen LogP contribution is 2.23. The number of fused-ring (bicyclic) bond motifs is 1. The van der Waals surface area contributed by atoms with Crippen molar-refractivity contribution in [2.24, 2.45) is 0 Å². The van der Waals surface area contributed by atoms with Gasteiger partial charge in [-0.1, -0.05) is 24.3 Å². The molecule has 28 heavy (non-hydrogen) atoms. The second kappa shape index (κ2) is 7.96. The molecular weight excluding hydrogens is 358 g/mol. The van der Waals surface area contributed by atoms with Gasteiger partial charge in [-0.05, 0) is 30.7 Å². The molecule has 2 aromatic carbocycles. The van der Waals surface area contributed by atoms with Crippen molar-refractivity contribution >= 4 is 34.4 Å². The first-order valence-corrected chi connectivity index (χ1v) is 8.74. The molecule has 0 unspecified atom stereocenters. The van der Waals surface area contributed by atoms with Crippen molar-refractivity contribution in [1.82, 2.24) is 9.88 Å². The van der Waals surface area contributed by atoms with E-state index in [4.69, 9.17) is 4.74 Å². The van der Waals surface area contributed by atoms with E-state index in [9.17, 15) is 14.4 Å². The second-order valence-electron chi connectivity index (χ2n) is 6.28. The molecule has 7 nitrogen and oxygen atoms in total. The Hall–Kier alpha value is -3.61. The van der Waals surface area contributed by atoms with Crippen LogP contribution in [0.3, 0.4) is 0 Å². The van der Waals surface area contributed by atoms with Gasteiger partial charge in [0.25, 0.3) is 5.91 Å². The van der Waals surface area contributed by atoms with Gasteiger partial charge in [0, 0.05) is 35.4 Å². The number of carbonyl (C=O) groups is 3. The van der Waals surface area contributed by atoms with E-state index in [0.29, 0.717) is 22.4 Å². The quantitative estimate of drug-likeness (QED) is 0.667. The van der Waals surface area contributed by atoms with E-state index in [-0.39, 0.29) is 18.4 Å². The molecule has 0 saturated heterocycles. The number of hydrogen-bond donors (Lipinski definition) is 2. The molecule has 1 aromatic heterocycles. The number of nitrogens with one attached hydrogen (secondary N) is 2. The summed E-state index contributed by atoms with van der Waals surface area (Å²) in [5.74, 6) is -0.938. The molecule has 0 spiro atoms. The van der Waals surface area contributed by atoms with Crippen LogP contribution in [-0.2, 0) is 16.1 Å². The molecular formula is C21H21N3O4. The Morgan fingerprint density at radius 1 is 1.04 bits per heavy atom. The first-order chi connectivity index (χ1) is 13.5. The Morgan fingerprint density at radius 3 is 2.50 bits per heavy atom. The normalized spacial score (nSPS) is 10.5. The second-order valence-corrected chi connectivity index (χ2v) is 6.28. The number of anilines is 1. The van der Waals surface area contributed by atoms with Gasteiger partial charge in [0.15, 0.2) is 0 Å². The van der Waals surface area contributed by atoms with E-state index < -0.39 is 5.97 Å². The zero-order valence-corrected chi connectivity index (χ0v) is 15.9. The van der Waals surface area contributed by atoms with E-state index >= 15 is 0 Å². The molecule has 3 aromatic rings. The van der Waals surface area contributed by atoms with Gasteiger partial charge >= 0.3 is 5.97 Å². The highest BCUT2D eigenvalue weighted by molar-refractivity contribution is 6.05. The number of amides is 2. The van der Waals surface area contributed by atoms with E-state index in [1.807, 2.05) is 24.3 Å². The van der Waals surface area contributed by atoms with Crippen LogP contribution >= 0.6 is 0 Å². The Balaban J connectivity index is 1.87. The first-order valence-electron chi connectivity index (χ1n) is 8.74. The Bertz CT molecular complexity index is 1070. The van der Waals surface area contributed by atoms with Gasteiger partial charge in [-0.3, -0.25) is 9.59 Å². The number of ether oxygens (including phenoxy) is 1. The fraction of sp³-hybridized carbons (Fsp3) is 0.190. The van der Waals surface area contributed by atoms with Gasteiger partial charge in [0.2, 0.25) is 5.91 Å². The van der Waals surface area contributed by atoms with Crippen molar-refractivity contribution in [3.63, 3.8) is 0 Å². The number of para-hydroxylation sites is 1. The average molecular weight is 379 g/mol. The monoisotopic (exact) mass is 379 g/mol. The van der Waals surface area contributed by atoms with E-state index in [1.165, 1.54) is 7.11 Å². The summed E-state index contributed by atoms with van der Waals surface area (Å²) < 4.78 is 6.53. The van der Waals surface area contributed by atoms with Crippen LogP contribution in [0.25, 0.3) is 10.9 Å². The summed E-state index contributed by atoms with van der Waals surface area (Å²) in [7, 11) is 2.88. The molecule has 0 aliphatic rings. The number of aromatic nitrogens is 1. The SMILES string of the molecule is CNC(=O)c1cccc(NC(=O)Cn2cc(C(=O)OC)c3ccccc32)c1C. The maximum absolute atomic E-state index is 12.6. The molecule has 0 bridgehead atoms. The van der Waals surface area contributed by atoms with Crippen molar-refractivity contribution in [3.8, 4) is 0 Å². The summed E-state index contributed by atoms with van der Waals surface area (Å²) in [5.41, 5.74) is 2.91. The number of methoxy groups -OCH3 is 1. The van der Waals surface area contributed by atoms with E-state index in [1.54, 1.807) is 42.9 Å². The van der Waals surface area contributed by atoms with E-state index in [0.717, 1.165) is 10.9 Å². The van der Waals surface area contributed by atoms with E-state index in [2.05, 4.69) is 10.6 Å². The molecule has 0 aliphatic heterocycles. The van der Waals surface area contributed by atoms with Gasteiger partial charge < -0.3 is 19.9 Å². The van der Waals surface area contributed by atoms with Crippen LogP contribution in [0.2, 0.25) is 0 Å². The topological polar surface area (TPSA) is 89.4 Å². The van der Waals surface area contributed by atoms with Crippen LogP contribution in [0.5, 0.6) is 0 Å². The van der Waals surface area contributed by atoms with Crippen LogP contribution in [0.4, 0.5) is 5.69 Å². The third kappa shape index (κ3) is 3.59. The molecule has 0 radical (unpaired) electrons. The largest absolute Gasteiger partial charge is 0.465 e. The number of nitrogens with zero attached hydrogens (tertiary/aromatic N) is 1. The predicted octanol–water partition coefficient (Wildman–Crippen LogP) is 2.73. The average Bonchev–Trinajstić information content (AvgIpc) is 3.07. The molecule has 2 N–H and O–H groups in total. The van der Waals surface area contributed by atoms with Crippen molar-refractivity contribution in [1.29, 1.82) is 0 Å². The molecule has 3 rings (SSSR count). The van der Waals surface area contributed by atoms with Gasteiger partial charge in [0.1, 0.15) is 6.54 Å². The van der Waals surface area contributed by atoms with Crippen molar-refractivity contribution < 1.29 is 19.1 Å². The summed E-state index contributed by atoms with van der Waals surface area (Å²) in [6.45, 7) is 1.79. The predicted molar refractivity (Wildman–Crippen MR) is 106 cm³/mol. The molecule has 7 heteroatoms. The minimum absolute atomic E-state index is 0.0150. The minimum Gasteiger partial charge on any atom is -0.465 e. The van der Waals surface area contributed by atoms with Crippen LogP contribution in [0.15, 0.2) is 48.7 Å². The highest BCUT2D eigenvalue weighted by Gasteiger charge is 2.17. The molecule has 1 heterocycles. The number of carbonyl (C=O) groups excluding carboxylic acids is 3. The maximum atomic E-state index is 12.6. The van der Waals surface area contributed by atoms with Crippen LogP contribution in [-0.4, -0.2) is 36.5 Å². The van der Waals surface area contributed by atoms with Crippen LogP contribution in [0, 0.1) is 6.92 Å². The van der Waals surface area contributed by atoms with Gasteiger partial charge in [-0.25, -0.2) is 4.79 Å². The lowest BCUT2D eigenvalue weighted by Gasteiger charge is -2.12. The number of esters is 1. The molecule has 0 saturated carbocycles. The highest BCUT2D eigenvalue weighted by atomic mass is 16.5. The molecule has 144 valence electrons. The first kappa shape index (κ1) is 19.2. The zero-order valence-electron chi connectivity index (χ0n) is 15.9. The summed E-state index contributed by atoms with van der Waals surface area (Å²) in [6.07, 6.45) is 1.61. The third-order valence-electron chi connectivity index (χ3n) is 4.59. The fourth-order valence-electron chi connectivity index (χ4n) is 3.15. The Morgan fingerprint density at radius 2 is 1.79 bits per heavy atom. The number of hydrogen-bond acceptors (Lipinski definition) is 4. The molecule has 0 atom stereocenters. The van der Waals surface area contributed by atoms with Crippen LogP contribution in [0.1, 0.15) is 26.3 Å². The van der Waals surface area contributed by atoms with Crippen molar-refractivity contribution in [2.45, 2.75) is 13.5 Å². The molecule has 0 fully saturated rings. The molecule has 2 amide bonds. The lowest BCUT2D eigenvalue weighted by atomic mass is 10.1. The smallest absolute Gasteiger partial charge is 0.340 e. The number of rotatable bonds is 5. The lowest BCUT2D eigenvalue weighted by molar-refractivity contribution is -0.116. The third-order valence-corrected chi connectivity index (χ3v) is 4.59. The molecule has 0 aliphatic carbocycles. The summed E-state index contributed by atoms with van der Waals surface area (Å²) in [4.78, 5) is 36.6. The van der Waals surface area contributed by atoms with Crippen LogP contribution < -0.4 is 10.6 Å². The van der Waals surface area contributed by atoms with Crippen molar-refractivity contribution in [3.05, 3.63) is 65.4 Å².